The molecule has 112 valence electrons. The average molecular weight is 273 g/mol. The molecule has 0 aromatic heterocycles. The van der Waals surface area contributed by atoms with Gasteiger partial charge in [-0.3, -0.25) is 0 Å². The molecule has 0 fully saturated rings. The van der Waals surface area contributed by atoms with E-state index in [1.165, 1.54) is 36.8 Å². The SMILES string of the molecule is C=CCCCCCC(NC)c1ccccc1C(C)(C)C. The van der Waals surface area contributed by atoms with Gasteiger partial charge >= 0.3 is 0 Å². The Labute approximate surface area is 125 Å². The molecule has 0 radical (unpaired) electrons. The molecule has 1 aromatic rings. The van der Waals surface area contributed by atoms with Gasteiger partial charge in [-0.05, 0) is 42.9 Å². The summed E-state index contributed by atoms with van der Waals surface area (Å²) in [5.74, 6) is 0. The molecular formula is C19H31N. The van der Waals surface area contributed by atoms with Gasteiger partial charge in [-0.1, -0.05) is 64.0 Å². The molecule has 1 heteroatoms. The summed E-state index contributed by atoms with van der Waals surface area (Å²) in [5, 5.41) is 3.50. The van der Waals surface area contributed by atoms with Crippen molar-refractivity contribution < 1.29 is 0 Å². The Morgan fingerprint density at radius 2 is 1.85 bits per heavy atom. The van der Waals surface area contributed by atoms with E-state index < -0.39 is 0 Å². The van der Waals surface area contributed by atoms with Crippen LogP contribution in [0.15, 0.2) is 36.9 Å². The third-order valence-corrected chi connectivity index (χ3v) is 3.89. The highest BCUT2D eigenvalue weighted by Crippen LogP contribution is 2.31. The lowest BCUT2D eigenvalue weighted by Gasteiger charge is -2.27. The second-order valence-electron chi connectivity index (χ2n) is 6.61. The van der Waals surface area contributed by atoms with Crippen LogP contribution in [0.25, 0.3) is 0 Å². The van der Waals surface area contributed by atoms with Crippen molar-refractivity contribution in [3.63, 3.8) is 0 Å². The van der Waals surface area contributed by atoms with Crippen LogP contribution >= 0.6 is 0 Å². The summed E-state index contributed by atoms with van der Waals surface area (Å²) in [6.07, 6.45) is 8.20. The van der Waals surface area contributed by atoms with Gasteiger partial charge in [-0.2, -0.15) is 0 Å². The second-order valence-corrected chi connectivity index (χ2v) is 6.61. The van der Waals surface area contributed by atoms with E-state index in [0.717, 1.165) is 6.42 Å². The minimum absolute atomic E-state index is 0.203. The Morgan fingerprint density at radius 3 is 2.45 bits per heavy atom. The van der Waals surface area contributed by atoms with Crippen LogP contribution in [0.4, 0.5) is 0 Å². The molecule has 1 rings (SSSR count). The minimum atomic E-state index is 0.203. The van der Waals surface area contributed by atoms with Crippen LogP contribution in [0.5, 0.6) is 0 Å². The third-order valence-electron chi connectivity index (χ3n) is 3.89. The molecule has 1 atom stereocenters. The summed E-state index contributed by atoms with van der Waals surface area (Å²) in [5.41, 5.74) is 3.13. The number of hydrogen-bond donors (Lipinski definition) is 1. The Bertz CT molecular complexity index is 400. The molecule has 1 unspecified atom stereocenters. The molecule has 0 amide bonds. The highest BCUT2D eigenvalue weighted by atomic mass is 14.9. The molecule has 20 heavy (non-hydrogen) atoms. The first-order valence-electron chi connectivity index (χ1n) is 7.88. The monoisotopic (exact) mass is 273 g/mol. The van der Waals surface area contributed by atoms with E-state index in [-0.39, 0.29) is 5.41 Å². The number of unbranched alkanes of at least 4 members (excludes halogenated alkanes) is 3. The molecule has 0 heterocycles. The molecule has 1 N–H and O–H groups in total. The van der Waals surface area contributed by atoms with Crippen LogP contribution in [0.2, 0.25) is 0 Å². The van der Waals surface area contributed by atoms with E-state index in [0.29, 0.717) is 6.04 Å². The van der Waals surface area contributed by atoms with Gasteiger partial charge in [0.15, 0.2) is 0 Å². The van der Waals surface area contributed by atoms with Gasteiger partial charge in [0, 0.05) is 6.04 Å². The fourth-order valence-electron chi connectivity index (χ4n) is 2.75. The largest absolute Gasteiger partial charge is 0.313 e. The maximum absolute atomic E-state index is 3.78. The molecule has 0 aliphatic carbocycles. The van der Waals surface area contributed by atoms with Crippen LogP contribution in [0.1, 0.15) is 70.0 Å². The van der Waals surface area contributed by atoms with Crippen molar-refractivity contribution in [3.05, 3.63) is 48.0 Å². The van der Waals surface area contributed by atoms with Crippen molar-refractivity contribution in [1.82, 2.24) is 5.32 Å². The average Bonchev–Trinajstić information content (AvgIpc) is 2.42. The molecule has 0 bridgehead atoms. The van der Waals surface area contributed by atoms with Crippen molar-refractivity contribution in [2.75, 3.05) is 7.05 Å². The lowest BCUT2D eigenvalue weighted by Crippen LogP contribution is -2.22. The number of allylic oxidation sites excluding steroid dienone is 1. The van der Waals surface area contributed by atoms with Gasteiger partial charge in [0.25, 0.3) is 0 Å². The molecule has 0 saturated heterocycles. The van der Waals surface area contributed by atoms with Crippen LogP contribution < -0.4 is 5.32 Å². The summed E-state index contributed by atoms with van der Waals surface area (Å²) in [7, 11) is 2.08. The highest BCUT2D eigenvalue weighted by molar-refractivity contribution is 5.35. The van der Waals surface area contributed by atoms with E-state index in [2.05, 4.69) is 64.0 Å². The van der Waals surface area contributed by atoms with Gasteiger partial charge in [0.2, 0.25) is 0 Å². The first-order chi connectivity index (χ1) is 9.50. The zero-order chi connectivity index (χ0) is 15.0. The lowest BCUT2D eigenvalue weighted by molar-refractivity contribution is 0.489. The first-order valence-corrected chi connectivity index (χ1v) is 7.88. The fourth-order valence-corrected chi connectivity index (χ4v) is 2.75. The van der Waals surface area contributed by atoms with E-state index in [1.54, 1.807) is 0 Å². The van der Waals surface area contributed by atoms with Crippen molar-refractivity contribution in [2.24, 2.45) is 0 Å². The molecule has 0 spiro atoms. The second kappa shape index (κ2) is 8.26. The van der Waals surface area contributed by atoms with Crippen molar-refractivity contribution >= 4 is 0 Å². The molecule has 1 nitrogen and oxygen atoms in total. The van der Waals surface area contributed by atoms with Crippen molar-refractivity contribution in [3.8, 4) is 0 Å². The Morgan fingerprint density at radius 1 is 1.15 bits per heavy atom. The highest BCUT2D eigenvalue weighted by Gasteiger charge is 2.21. The summed E-state index contributed by atoms with van der Waals surface area (Å²) in [6, 6.07) is 9.34. The van der Waals surface area contributed by atoms with E-state index in [4.69, 9.17) is 0 Å². The Hall–Kier alpha value is -1.08. The summed E-state index contributed by atoms with van der Waals surface area (Å²) < 4.78 is 0. The molecule has 0 aliphatic heterocycles. The molecule has 0 aliphatic rings. The van der Waals surface area contributed by atoms with Gasteiger partial charge in [-0.25, -0.2) is 0 Å². The van der Waals surface area contributed by atoms with Gasteiger partial charge in [0.05, 0.1) is 0 Å². The van der Waals surface area contributed by atoms with Crippen LogP contribution in [-0.4, -0.2) is 7.05 Å². The standard InChI is InChI=1S/C19H31N/c1-6-7-8-9-10-15-18(20-5)16-13-11-12-14-17(16)19(2,3)4/h6,11-14,18,20H,1,7-10,15H2,2-5H3. The van der Waals surface area contributed by atoms with Crippen LogP contribution in [0, 0.1) is 0 Å². The van der Waals surface area contributed by atoms with E-state index >= 15 is 0 Å². The van der Waals surface area contributed by atoms with Crippen LogP contribution in [0.3, 0.4) is 0 Å². The van der Waals surface area contributed by atoms with Gasteiger partial charge < -0.3 is 5.32 Å². The topological polar surface area (TPSA) is 12.0 Å². The van der Waals surface area contributed by atoms with E-state index in [1.807, 2.05) is 6.08 Å². The summed E-state index contributed by atoms with van der Waals surface area (Å²) >= 11 is 0. The first kappa shape index (κ1) is 17.0. The Balaban J connectivity index is 2.72. The van der Waals surface area contributed by atoms with E-state index in [9.17, 15) is 0 Å². The third kappa shape index (κ3) is 5.13. The van der Waals surface area contributed by atoms with Crippen molar-refractivity contribution in [1.29, 1.82) is 0 Å². The van der Waals surface area contributed by atoms with Crippen LogP contribution in [-0.2, 0) is 5.41 Å². The van der Waals surface area contributed by atoms with Gasteiger partial charge in [0.1, 0.15) is 0 Å². The maximum Gasteiger partial charge on any atom is 0.0320 e. The zero-order valence-electron chi connectivity index (χ0n) is 13.7. The molecular weight excluding hydrogens is 242 g/mol. The van der Waals surface area contributed by atoms with Gasteiger partial charge in [-0.15, -0.1) is 6.58 Å². The Kier molecular flexibility index (Phi) is 7.01. The zero-order valence-corrected chi connectivity index (χ0v) is 13.7. The minimum Gasteiger partial charge on any atom is -0.313 e. The quantitative estimate of drug-likeness (QED) is 0.495. The maximum atomic E-state index is 3.78. The normalized spacial score (nSPS) is 13.2. The fraction of sp³-hybridized carbons (Fsp3) is 0.579. The number of benzene rings is 1. The predicted octanol–water partition coefficient (Wildman–Crippen LogP) is 5.38. The predicted molar refractivity (Wildman–Crippen MR) is 90.2 cm³/mol. The number of hydrogen-bond acceptors (Lipinski definition) is 1. The smallest absolute Gasteiger partial charge is 0.0320 e. The lowest BCUT2D eigenvalue weighted by atomic mass is 9.81. The summed E-state index contributed by atoms with van der Waals surface area (Å²) in [6.45, 7) is 10.7. The van der Waals surface area contributed by atoms with Crippen molar-refractivity contribution in [2.45, 2.75) is 64.3 Å². The molecule has 1 aromatic carbocycles. The number of nitrogens with one attached hydrogen (secondary N) is 1. The summed E-state index contributed by atoms with van der Waals surface area (Å²) in [4.78, 5) is 0. The molecule has 0 saturated carbocycles. The number of rotatable bonds is 8.